The summed E-state index contributed by atoms with van der Waals surface area (Å²) in [5.74, 6) is 3.40. The van der Waals surface area contributed by atoms with Crippen LogP contribution in [0.3, 0.4) is 0 Å². The van der Waals surface area contributed by atoms with Gasteiger partial charge in [0.05, 0.1) is 32.1 Å². The van der Waals surface area contributed by atoms with Crippen LogP contribution in [0.25, 0.3) is 10.9 Å². The van der Waals surface area contributed by atoms with Gasteiger partial charge >= 0.3 is 0 Å². The monoisotopic (exact) mass is 490 g/mol. The minimum atomic E-state index is -0.468. The lowest BCUT2D eigenvalue weighted by Crippen LogP contribution is -2.47. The maximum atomic E-state index is 12.7. The molecule has 0 aliphatic carbocycles. The van der Waals surface area contributed by atoms with Crippen molar-refractivity contribution in [2.45, 2.75) is 13.3 Å². The molecule has 0 unspecified atom stereocenters. The molecule has 2 aromatic carbocycles. The largest absolute Gasteiger partial charge is 0.493 e. The zero-order valence-corrected chi connectivity index (χ0v) is 20.2. The highest BCUT2D eigenvalue weighted by molar-refractivity contribution is 5.92. The number of anilines is 2. The Morgan fingerprint density at radius 1 is 0.806 bits per heavy atom. The van der Waals surface area contributed by atoms with Crippen molar-refractivity contribution in [2.24, 2.45) is 0 Å². The molecule has 0 spiro atoms. The molecule has 0 saturated carbocycles. The Morgan fingerprint density at radius 2 is 1.44 bits per heavy atom. The van der Waals surface area contributed by atoms with E-state index in [9.17, 15) is 4.39 Å². The topological polar surface area (TPSA) is 85.7 Å². The lowest BCUT2D eigenvalue weighted by atomic mass is 10.1. The van der Waals surface area contributed by atoms with Crippen LogP contribution >= 0.6 is 0 Å². The van der Waals surface area contributed by atoms with E-state index in [0.29, 0.717) is 35.4 Å². The van der Waals surface area contributed by atoms with Crippen LogP contribution in [0.5, 0.6) is 17.2 Å². The molecule has 0 amide bonds. The standard InChI is InChI=1S/C26H27FN6O3/c1-34-23-11-21-22(12-24(23)35-2)30-17-31-25(21)32-7-9-33(10-8-32)26-28-14-20(15-29-26)36-16-19-5-3-18(13-27)4-6-19/h3-6,11-12,14-15,17H,7-10,13,16H2,1-2H3. The maximum absolute atomic E-state index is 12.7. The molecule has 2 aromatic heterocycles. The fourth-order valence-corrected chi connectivity index (χ4v) is 4.18. The van der Waals surface area contributed by atoms with Crippen molar-refractivity contribution in [3.63, 3.8) is 0 Å². The van der Waals surface area contributed by atoms with E-state index in [2.05, 4.69) is 29.7 Å². The molecule has 0 atom stereocenters. The first-order valence-electron chi connectivity index (χ1n) is 11.6. The Kier molecular flexibility index (Phi) is 6.92. The van der Waals surface area contributed by atoms with Crippen LogP contribution in [0.4, 0.5) is 16.2 Å². The lowest BCUT2D eigenvalue weighted by Gasteiger charge is -2.35. The molecule has 3 heterocycles. The maximum Gasteiger partial charge on any atom is 0.225 e. The third-order valence-electron chi connectivity index (χ3n) is 6.18. The number of alkyl halides is 1. The fourth-order valence-electron chi connectivity index (χ4n) is 4.18. The third kappa shape index (κ3) is 4.93. The van der Waals surface area contributed by atoms with E-state index in [1.165, 1.54) is 0 Å². The van der Waals surface area contributed by atoms with Gasteiger partial charge in [0.2, 0.25) is 5.95 Å². The Morgan fingerprint density at radius 3 is 2.11 bits per heavy atom. The van der Waals surface area contributed by atoms with Gasteiger partial charge in [-0.1, -0.05) is 24.3 Å². The molecule has 186 valence electrons. The number of hydrogen-bond acceptors (Lipinski definition) is 9. The van der Waals surface area contributed by atoms with Gasteiger partial charge in [0.1, 0.15) is 25.4 Å². The van der Waals surface area contributed by atoms with E-state index in [0.717, 1.165) is 48.5 Å². The summed E-state index contributed by atoms with van der Waals surface area (Å²) < 4.78 is 29.3. The summed E-state index contributed by atoms with van der Waals surface area (Å²) in [6, 6.07) is 11.0. The van der Waals surface area contributed by atoms with Gasteiger partial charge in [0.15, 0.2) is 17.2 Å². The fraction of sp³-hybridized carbons (Fsp3) is 0.308. The highest BCUT2D eigenvalue weighted by Crippen LogP contribution is 2.35. The van der Waals surface area contributed by atoms with E-state index in [1.54, 1.807) is 45.1 Å². The van der Waals surface area contributed by atoms with Crippen LogP contribution in [0.15, 0.2) is 55.1 Å². The first-order valence-corrected chi connectivity index (χ1v) is 11.6. The molecule has 0 radical (unpaired) electrons. The molecule has 1 fully saturated rings. The van der Waals surface area contributed by atoms with Gasteiger partial charge in [-0.25, -0.2) is 24.3 Å². The number of benzene rings is 2. The Labute approximate surface area is 208 Å². The minimum absolute atomic E-state index is 0.373. The summed E-state index contributed by atoms with van der Waals surface area (Å²) in [6.45, 7) is 2.93. The zero-order valence-electron chi connectivity index (χ0n) is 20.2. The Hall–Kier alpha value is -4.21. The second-order valence-corrected chi connectivity index (χ2v) is 8.35. The summed E-state index contributed by atoms with van der Waals surface area (Å²) in [7, 11) is 3.23. The Balaban J connectivity index is 1.22. The average molecular weight is 491 g/mol. The van der Waals surface area contributed by atoms with Crippen LogP contribution < -0.4 is 24.0 Å². The lowest BCUT2D eigenvalue weighted by molar-refractivity contribution is 0.303. The SMILES string of the molecule is COc1cc2ncnc(N3CCN(c4ncc(OCc5ccc(CF)cc5)cn4)CC3)c2cc1OC. The minimum Gasteiger partial charge on any atom is -0.493 e. The number of hydrogen-bond donors (Lipinski definition) is 0. The molecular weight excluding hydrogens is 463 g/mol. The van der Waals surface area contributed by atoms with Gasteiger partial charge in [0.25, 0.3) is 0 Å². The highest BCUT2D eigenvalue weighted by Gasteiger charge is 2.22. The van der Waals surface area contributed by atoms with Crippen molar-refractivity contribution in [3.05, 3.63) is 66.2 Å². The van der Waals surface area contributed by atoms with Crippen molar-refractivity contribution < 1.29 is 18.6 Å². The van der Waals surface area contributed by atoms with Crippen LogP contribution in [0.2, 0.25) is 0 Å². The number of rotatable bonds is 8. The number of halogens is 1. The predicted octanol–water partition coefficient (Wildman–Crippen LogP) is 3.81. The molecular formula is C26H27FN6O3. The van der Waals surface area contributed by atoms with Gasteiger partial charge in [0, 0.05) is 37.6 Å². The highest BCUT2D eigenvalue weighted by atomic mass is 19.1. The average Bonchev–Trinajstić information content (AvgIpc) is 2.95. The zero-order chi connectivity index (χ0) is 24.9. The number of aromatic nitrogens is 4. The third-order valence-corrected chi connectivity index (χ3v) is 6.18. The number of methoxy groups -OCH3 is 2. The molecule has 36 heavy (non-hydrogen) atoms. The molecule has 1 aliphatic rings. The van der Waals surface area contributed by atoms with Gasteiger partial charge in [-0.2, -0.15) is 0 Å². The van der Waals surface area contributed by atoms with E-state index >= 15 is 0 Å². The van der Waals surface area contributed by atoms with Crippen LogP contribution in [0.1, 0.15) is 11.1 Å². The second kappa shape index (κ2) is 10.6. The van der Waals surface area contributed by atoms with Crippen molar-refractivity contribution >= 4 is 22.7 Å². The van der Waals surface area contributed by atoms with Crippen LogP contribution in [-0.2, 0) is 13.3 Å². The quantitative estimate of drug-likeness (QED) is 0.366. The van der Waals surface area contributed by atoms with Crippen molar-refractivity contribution in [1.82, 2.24) is 19.9 Å². The molecule has 1 saturated heterocycles. The number of nitrogens with zero attached hydrogens (tertiary/aromatic N) is 6. The van der Waals surface area contributed by atoms with Crippen LogP contribution in [-0.4, -0.2) is 60.3 Å². The molecule has 1 aliphatic heterocycles. The number of ether oxygens (including phenoxy) is 3. The molecule has 5 rings (SSSR count). The van der Waals surface area contributed by atoms with Crippen molar-refractivity contribution in [2.75, 3.05) is 50.2 Å². The smallest absolute Gasteiger partial charge is 0.225 e. The summed E-state index contributed by atoms with van der Waals surface area (Å²) >= 11 is 0. The van der Waals surface area contributed by atoms with Crippen molar-refractivity contribution in [1.29, 1.82) is 0 Å². The number of fused-ring (bicyclic) bond motifs is 1. The molecule has 10 heteroatoms. The van der Waals surface area contributed by atoms with Gasteiger partial charge in [-0.15, -0.1) is 0 Å². The number of piperazine rings is 1. The molecule has 0 N–H and O–H groups in total. The van der Waals surface area contributed by atoms with Gasteiger partial charge in [-0.3, -0.25) is 0 Å². The van der Waals surface area contributed by atoms with E-state index in [4.69, 9.17) is 14.2 Å². The van der Waals surface area contributed by atoms with Crippen molar-refractivity contribution in [3.8, 4) is 17.2 Å². The summed E-state index contributed by atoms with van der Waals surface area (Å²) in [5, 5.41) is 0.917. The van der Waals surface area contributed by atoms with Gasteiger partial charge < -0.3 is 24.0 Å². The van der Waals surface area contributed by atoms with E-state index in [1.807, 2.05) is 24.3 Å². The molecule has 9 nitrogen and oxygen atoms in total. The Bertz CT molecular complexity index is 1310. The first kappa shape index (κ1) is 23.5. The normalized spacial score (nSPS) is 13.6. The first-order chi connectivity index (χ1) is 17.7. The summed E-state index contributed by atoms with van der Waals surface area (Å²) in [4.78, 5) is 22.3. The molecule has 4 aromatic rings. The van der Waals surface area contributed by atoms with Crippen LogP contribution in [0, 0.1) is 0 Å². The van der Waals surface area contributed by atoms with E-state index in [-0.39, 0.29) is 0 Å². The molecule has 0 bridgehead atoms. The summed E-state index contributed by atoms with van der Waals surface area (Å²) in [6.07, 6.45) is 4.94. The second-order valence-electron chi connectivity index (χ2n) is 8.35. The van der Waals surface area contributed by atoms with E-state index < -0.39 is 6.67 Å². The predicted molar refractivity (Wildman–Crippen MR) is 135 cm³/mol. The summed E-state index contributed by atoms with van der Waals surface area (Å²) in [5.41, 5.74) is 2.41. The van der Waals surface area contributed by atoms with Gasteiger partial charge in [-0.05, 0) is 17.2 Å².